The molecule has 0 aliphatic rings. The van der Waals surface area contributed by atoms with E-state index in [1.54, 1.807) is 13.1 Å². The third kappa shape index (κ3) is 4.88. The van der Waals surface area contributed by atoms with Gasteiger partial charge >= 0.3 is 0 Å². The molecule has 0 aliphatic heterocycles. The molecule has 114 valence electrons. The maximum Gasteiger partial charge on any atom is 0.283 e. The number of halogens is 1. The first kappa shape index (κ1) is 17.1. The Kier molecular flexibility index (Phi) is 6.16. The van der Waals surface area contributed by atoms with Gasteiger partial charge in [-0.25, -0.2) is 4.68 Å². The minimum atomic E-state index is -0.806. The molecule has 0 bridgehead atoms. The van der Waals surface area contributed by atoms with Crippen molar-refractivity contribution in [3.05, 3.63) is 21.0 Å². The van der Waals surface area contributed by atoms with Gasteiger partial charge in [0.15, 0.2) is 0 Å². The Balaban J connectivity index is 2.81. The van der Waals surface area contributed by atoms with Crippen LogP contribution in [0.4, 0.5) is 5.69 Å². The molecule has 1 aromatic rings. The van der Waals surface area contributed by atoms with Crippen LogP contribution in [0.2, 0.25) is 0 Å². The average Bonchev–Trinajstić information content (AvgIpc) is 2.39. The van der Waals surface area contributed by atoms with Crippen molar-refractivity contribution in [3.8, 4) is 0 Å². The van der Waals surface area contributed by atoms with E-state index < -0.39 is 5.60 Å². The molecule has 1 aromatic heterocycles. The molecule has 0 saturated heterocycles. The van der Waals surface area contributed by atoms with E-state index in [-0.39, 0.29) is 5.56 Å². The molecule has 0 radical (unpaired) electrons. The summed E-state index contributed by atoms with van der Waals surface area (Å²) in [5.74, 6) is 0. The Labute approximate surface area is 127 Å². The minimum Gasteiger partial charge on any atom is -0.388 e. The summed E-state index contributed by atoms with van der Waals surface area (Å²) in [6.45, 7) is 5.31. The lowest BCUT2D eigenvalue weighted by molar-refractivity contribution is 0.0697. The zero-order valence-electron chi connectivity index (χ0n) is 12.5. The Morgan fingerprint density at radius 1 is 1.55 bits per heavy atom. The Morgan fingerprint density at radius 3 is 2.75 bits per heavy atom. The fourth-order valence-electron chi connectivity index (χ4n) is 1.45. The van der Waals surface area contributed by atoms with E-state index in [0.29, 0.717) is 29.7 Å². The Bertz CT molecular complexity index is 500. The standard InChI is InChI=1S/C13H23BrN4O2/c1-5-13(2,20)9-15-10-8-16-18(7-6-17(3)4)12(19)11(10)14/h8,15,20H,5-7,9H2,1-4H3. The quantitative estimate of drug-likeness (QED) is 0.774. The van der Waals surface area contributed by atoms with Gasteiger partial charge in [-0.15, -0.1) is 0 Å². The van der Waals surface area contributed by atoms with Crippen molar-refractivity contribution >= 4 is 21.6 Å². The van der Waals surface area contributed by atoms with Gasteiger partial charge in [-0.1, -0.05) is 6.92 Å². The summed E-state index contributed by atoms with van der Waals surface area (Å²) in [6.07, 6.45) is 2.23. The van der Waals surface area contributed by atoms with E-state index in [2.05, 4.69) is 26.3 Å². The average molecular weight is 347 g/mol. The van der Waals surface area contributed by atoms with Gasteiger partial charge in [-0.2, -0.15) is 5.10 Å². The number of nitrogens with zero attached hydrogens (tertiary/aromatic N) is 3. The number of anilines is 1. The number of hydrogen-bond acceptors (Lipinski definition) is 5. The summed E-state index contributed by atoms with van der Waals surface area (Å²) in [7, 11) is 3.89. The first-order chi connectivity index (χ1) is 9.26. The number of nitrogens with one attached hydrogen (secondary N) is 1. The van der Waals surface area contributed by atoms with Gasteiger partial charge in [-0.3, -0.25) is 4.79 Å². The lowest BCUT2D eigenvalue weighted by Gasteiger charge is -2.22. The lowest BCUT2D eigenvalue weighted by Crippen LogP contribution is -2.34. The summed E-state index contributed by atoms with van der Waals surface area (Å²) in [5, 5.41) is 17.2. The van der Waals surface area contributed by atoms with Gasteiger partial charge in [0.1, 0.15) is 4.47 Å². The smallest absolute Gasteiger partial charge is 0.283 e. The van der Waals surface area contributed by atoms with Gasteiger partial charge < -0.3 is 15.3 Å². The van der Waals surface area contributed by atoms with Crippen LogP contribution in [0.3, 0.4) is 0 Å². The highest BCUT2D eigenvalue weighted by atomic mass is 79.9. The third-order valence-corrected chi connectivity index (χ3v) is 3.93. The van der Waals surface area contributed by atoms with E-state index in [4.69, 9.17) is 0 Å². The third-order valence-electron chi connectivity index (χ3n) is 3.17. The fourth-order valence-corrected chi connectivity index (χ4v) is 1.90. The number of likely N-dealkylation sites (N-methyl/N-ethyl adjacent to an activating group) is 1. The number of aromatic nitrogens is 2. The molecule has 6 nitrogen and oxygen atoms in total. The van der Waals surface area contributed by atoms with Gasteiger partial charge in [-0.05, 0) is 43.4 Å². The first-order valence-electron chi connectivity index (χ1n) is 6.63. The SMILES string of the molecule is CCC(C)(O)CNc1cnn(CCN(C)C)c(=O)c1Br. The molecule has 2 N–H and O–H groups in total. The zero-order chi connectivity index (χ0) is 15.3. The van der Waals surface area contributed by atoms with E-state index in [1.807, 2.05) is 25.9 Å². The summed E-state index contributed by atoms with van der Waals surface area (Å²) >= 11 is 3.30. The van der Waals surface area contributed by atoms with Gasteiger partial charge in [0.2, 0.25) is 0 Å². The number of rotatable bonds is 7. The lowest BCUT2D eigenvalue weighted by atomic mass is 10.0. The van der Waals surface area contributed by atoms with Crippen molar-refractivity contribution in [1.29, 1.82) is 0 Å². The van der Waals surface area contributed by atoms with Gasteiger partial charge in [0.25, 0.3) is 5.56 Å². The summed E-state index contributed by atoms with van der Waals surface area (Å²) in [5.41, 5.74) is -0.378. The predicted octanol–water partition coefficient (Wildman–Crippen LogP) is 1.14. The number of hydrogen-bond donors (Lipinski definition) is 2. The van der Waals surface area contributed by atoms with Crippen molar-refractivity contribution in [2.75, 3.05) is 32.5 Å². The molecule has 1 atom stereocenters. The van der Waals surface area contributed by atoms with Crippen LogP contribution in [0.15, 0.2) is 15.5 Å². The second-order valence-electron chi connectivity index (χ2n) is 5.41. The summed E-state index contributed by atoms with van der Waals surface area (Å²) in [4.78, 5) is 14.1. The van der Waals surface area contributed by atoms with E-state index in [9.17, 15) is 9.90 Å². The molecule has 7 heteroatoms. The van der Waals surface area contributed by atoms with E-state index in [1.165, 1.54) is 4.68 Å². The molecular weight excluding hydrogens is 324 g/mol. The molecule has 20 heavy (non-hydrogen) atoms. The molecule has 1 unspecified atom stereocenters. The summed E-state index contributed by atoms with van der Waals surface area (Å²) < 4.78 is 1.87. The second-order valence-corrected chi connectivity index (χ2v) is 6.20. The van der Waals surface area contributed by atoms with Crippen molar-refractivity contribution in [3.63, 3.8) is 0 Å². The van der Waals surface area contributed by atoms with Crippen LogP contribution in [0.5, 0.6) is 0 Å². The van der Waals surface area contributed by atoms with Crippen LogP contribution in [-0.2, 0) is 6.54 Å². The second kappa shape index (κ2) is 7.19. The minimum absolute atomic E-state index is 0.173. The Morgan fingerprint density at radius 2 is 2.20 bits per heavy atom. The van der Waals surface area contributed by atoms with Crippen LogP contribution in [-0.4, -0.2) is 52.6 Å². The van der Waals surface area contributed by atoms with Gasteiger partial charge in [0, 0.05) is 13.1 Å². The fraction of sp³-hybridized carbons (Fsp3) is 0.692. The largest absolute Gasteiger partial charge is 0.388 e. The molecule has 0 aromatic carbocycles. The number of aliphatic hydroxyl groups is 1. The van der Waals surface area contributed by atoms with Crippen molar-refractivity contribution < 1.29 is 5.11 Å². The van der Waals surface area contributed by atoms with Gasteiger partial charge in [0.05, 0.1) is 24.0 Å². The molecule has 0 aliphatic carbocycles. The molecule has 0 amide bonds. The highest BCUT2D eigenvalue weighted by Crippen LogP contribution is 2.18. The molecule has 1 heterocycles. The molecule has 0 spiro atoms. The molecule has 0 fully saturated rings. The monoisotopic (exact) mass is 346 g/mol. The highest BCUT2D eigenvalue weighted by molar-refractivity contribution is 9.10. The normalized spacial score (nSPS) is 14.3. The van der Waals surface area contributed by atoms with E-state index in [0.717, 1.165) is 6.54 Å². The van der Waals surface area contributed by atoms with Crippen LogP contribution in [0.25, 0.3) is 0 Å². The summed E-state index contributed by atoms with van der Waals surface area (Å²) in [6, 6.07) is 0. The van der Waals surface area contributed by atoms with Crippen LogP contribution >= 0.6 is 15.9 Å². The topological polar surface area (TPSA) is 70.4 Å². The van der Waals surface area contributed by atoms with Crippen LogP contribution in [0.1, 0.15) is 20.3 Å². The van der Waals surface area contributed by atoms with Crippen LogP contribution in [0, 0.1) is 0 Å². The predicted molar refractivity (Wildman–Crippen MR) is 84.2 cm³/mol. The van der Waals surface area contributed by atoms with Crippen molar-refractivity contribution in [2.24, 2.45) is 0 Å². The Hall–Kier alpha value is -0.920. The molecular formula is C13H23BrN4O2. The first-order valence-corrected chi connectivity index (χ1v) is 7.42. The van der Waals surface area contributed by atoms with Crippen LogP contribution < -0.4 is 10.9 Å². The molecule has 0 saturated carbocycles. The van der Waals surface area contributed by atoms with Crippen molar-refractivity contribution in [1.82, 2.24) is 14.7 Å². The van der Waals surface area contributed by atoms with E-state index >= 15 is 0 Å². The molecule has 1 rings (SSSR count). The highest BCUT2D eigenvalue weighted by Gasteiger charge is 2.18. The maximum absolute atomic E-state index is 12.1. The zero-order valence-corrected chi connectivity index (χ0v) is 14.1. The van der Waals surface area contributed by atoms with Crippen molar-refractivity contribution in [2.45, 2.75) is 32.4 Å². The maximum atomic E-state index is 12.1.